The predicted molar refractivity (Wildman–Crippen MR) is 120 cm³/mol. The molecule has 162 valence electrons. The largest absolute Gasteiger partial charge is 0.297 e. The summed E-state index contributed by atoms with van der Waals surface area (Å²) in [7, 11) is -1.61. The van der Waals surface area contributed by atoms with Crippen molar-refractivity contribution in [1.82, 2.24) is 4.90 Å². The van der Waals surface area contributed by atoms with Gasteiger partial charge in [-0.05, 0) is 62.8 Å². The van der Waals surface area contributed by atoms with Gasteiger partial charge in [0.15, 0.2) is 0 Å². The van der Waals surface area contributed by atoms with Crippen molar-refractivity contribution in [1.29, 1.82) is 0 Å². The van der Waals surface area contributed by atoms with Crippen molar-refractivity contribution in [2.45, 2.75) is 63.6 Å². The van der Waals surface area contributed by atoms with E-state index >= 15 is 0 Å². The highest BCUT2D eigenvalue weighted by Crippen LogP contribution is 2.64. The number of aryl methyl sites for hydroxylation is 1. The molecule has 0 amide bonds. The van der Waals surface area contributed by atoms with E-state index in [4.69, 9.17) is 4.18 Å². The molecule has 0 saturated heterocycles. The summed E-state index contributed by atoms with van der Waals surface area (Å²) in [6.07, 6.45) is 1.53. The molecule has 0 aliphatic heterocycles. The molecule has 0 N–H and O–H groups in total. The van der Waals surface area contributed by atoms with E-state index in [-0.39, 0.29) is 27.9 Å². The van der Waals surface area contributed by atoms with Gasteiger partial charge >= 0.3 is 0 Å². The Bertz CT molecular complexity index is 1000. The molecule has 0 spiro atoms. The summed E-state index contributed by atoms with van der Waals surface area (Å²) < 4.78 is 31.8. The highest BCUT2D eigenvalue weighted by atomic mass is 32.2. The zero-order valence-corrected chi connectivity index (χ0v) is 19.4. The maximum absolute atomic E-state index is 13.0. The van der Waals surface area contributed by atoms with Crippen molar-refractivity contribution in [3.05, 3.63) is 65.7 Å². The fraction of sp³-hybridized carbons (Fsp3) is 0.520. The van der Waals surface area contributed by atoms with E-state index in [1.807, 2.05) is 25.1 Å². The molecule has 2 aliphatic rings. The zero-order chi connectivity index (χ0) is 21.7. The second-order valence-electron chi connectivity index (χ2n) is 9.89. The monoisotopic (exact) mass is 427 g/mol. The molecule has 0 heterocycles. The SMILES string of the molecule is Cc1ccc(S(=O)(=O)OC2CC3CC2C(C)(N(C)Cc2ccccc2)C3(C)C)cc1. The van der Waals surface area contributed by atoms with E-state index in [0.29, 0.717) is 5.92 Å². The lowest BCUT2D eigenvalue weighted by Crippen LogP contribution is -2.61. The first-order chi connectivity index (χ1) is 14.1. The summed E-state index contributed by atoms with van der Waals surface area (Å²) >= 11 is 0. The van der Waals surface area contributed by atoms with Gasteiger partial charge in [-0.2, -0.15) is 8.42 Å². The number of nitrogens with zero attached hydrogens (tertiary/aromatic N) is 1. The molecule has 2 saturated carbocycles. The number of hydrogen-bond acceptors (Lipinski definition) is 4. The van der Waals surface area contributed by atoms with E-state index in [0.717, 1.165) is 24.9 Å². The fourth-order valence-electron chi connectivity index (χ4n) is 5.90. The van der Waals surface area contributed by atoms with Crippen molar-refractivity contribution in [2.24, 2.45) is 17.3 Å². The molecule has 2 aromatic carbocycles. The van der Waals surface area contributed by atoms with Gasteiger partial charge in [-0.1, -0.05) is 61.9 Å². The maximum Gasteiger partial charge on any atom is 0.297 e. The van der Waals surface area contributed by atoms with Crippen LogP contribution in [-0.4, -0.2) is 32.0 Å². The van der Waals surface area contributed by atoms with Crippen LogP contribution in [-0.2, 0) is 20.8 Å². The Morgan fingerprint density at radius 3 is 2.23 bits per heavy atom. The Morgan fingerprint density at radius 1 is 1.00 bits per heavy atom. The van der Waals surface area contributed by atoms with Crippen LogP contribution in [0, 0.1) is 24.2 Å². The average Bonchev–Trinajstić information content (AvgIpc) is 3.19. The molecule has 5 heteroatoms. The molecule has 2 fully saturated rings. The first-order valence-corrected chi connectivity index (χ1v) is 12.2. The van der Waals surface area contributed by atoms with Gasteiger partial charge in [-0.25, -0.2) is 0 Å². The smallest absolute Gasteiger partial charge is 0.296 e. The van der Waals surface area contributed by atoms with Crippen LogP contribution in [0.15, 0.2) is 59.5 Å². The van der Waals surface area contributed by atoms with Crippen molar-refractivity contribution in [2.75, 3.05) is 7.05 Å². The lowest BCUT2D eigenvalue weighted by molar-refractivity contribution is -0.0743. The standard InChI is InChI=1S/C25H33NO3S/c1-18-11-13-21(14-12-18)30(27,28)29-23-16-20-15-22(23)25(4,24(20,2)3)26(5)17-19-9-7-6-8-10-19/h6-14,20,22-23H,15-17H2,1-5H3. The van der Waals surface area contributed by atoms with Crippen molar-refractivity contribution >= 4 is 10.1 Å². The van der Waals surface area contributed by atoms with Gasteiger partial charge in [0.2, 0.25) is 0 Å². The van der Waals surface area contributed by atoms with Crippen molar-refractivity contribution in [3.8, 4) is 0 Å². The molecular weight excluding hydrogens is 394 g/mol. The van der Waals surface area contributed by atoms with Gasteiger partial charge in [-0.3, -0.25) is 9.08 Å². The molecule has 2 aromatic rings. The third-order valence-electron chi connectivity index (χ3n) is 8.17. The van der Waals surface area contributed by atoms with E-state index in [1.165, 1.54) is 5.56 Å². The second-order valence-corrected chi connectivity index (χ2v) is 11.5. The molecule has 4 rings (SSSR count). The lowest BCUT2D eigenvalue weighted by Gasteiger charge is -2.54. The van der Waals surface area contributed by atoms with Crippen LogP contribution in [0.5, 0.6) is 0 Å². The summed E-state index contributed by atoms with van der Waals surface area (Å²) in [5.41, 5.74) is 2.23. The van der Waals surface area contributed by atoms with Crippen LogP contribution in [0.1, 0.15) is 44.7 Å². The van der Waals surface area contributed by atoms with Crippen molar-refractivity contribution in [3.63, 3.8) is 0 Å². The van der Waals surface area contributed by atoms with Crippen LogP contribution >= 0.6 is 0 Å². The predicted octanol–water partition coefficient (Wildman–Crippen LogP) is 5.03. The number of hydrogen-bond donors (Lipinski definition) is 0. The molecule has 4 nitrogen and oxygen atoms in total. The normalized spacial score (nSPS) is 30.1. The van der Waals surface area contributed by atoms with Crippen LogP contribution < -0.4 is 0 Å². The quantitative estimate of drug-likeness (QED) is 0.607. The Morgan fingerprint density at radius 2 is 1.63 bits per heavy atom. The second kappa shape index (κ2) is 7.47. The number of rotatable bonds is 6. The van der Waals surface area contributed by atoms with Crippen LogP contribution in [0.3, 0.4) is 0 Å². The minimum Gasteiger partial charge on any atom is -0.296 e. The van der Waals surface area contributed by atoms with Crippen LogP contribution in [0.4, 0.5) is 0 Å². The maximum atomic E-state index is 13.0. The van der Waals surface area contributed by atoms with E-state index in [1.54, 1.807) is 12.1 Å². The molecule has 2 bridgehead atoms. The minimum absolute atomic E-state index is 0.0781. The number of fused-ring (bicyclic) bond motifs is 2. The van der Waals surface area contributed by atoms with Gasteiger partial charge in [0, 0.05) is 18.0 Å². The Hall–Kier alpha value is -1.69. The fourth-order valence-corrected chi connectivity index (χ4v) is 7.02. The van der Waals surface area contributed by atoms with Crippen LogP contribution in [0.2, 0.25) is 0 Å². The van der Waals surface area contributed by atoms with E-state index in [9.17, 15) is 8.42 Å². The lowest BCUT2D eigenvalue weighted by atomic mass is 9.62. The highest BCUT2D eigenvalue weighted by molar-refractivity contribution is 7.86. The zero-order valence-electron chi connectivity index (χ0n) is 18.6. The summed E-state index contributed by atoms with van der Waals surface area (Å²) in [6, 6.07) is 17.4. The molecule has 0 aromatic heterocycles. The summed E-state index contributed by atoms with van der Waals surface area (Å²) in [6.45, 7) is 9.76. The Kier molecular flexibility index (Phi) is 5.36. The highest BCUT2D eigenvalue weighted by Gasteiger charge is 2.66. The third-order valence-corrected chi connectivity index (χ3v) is 9.52. The Labute approximate surface area is 181 Å². The molecule has 2 aliphatic carbocycles. The van der Waals surface area contributed by atoms with E-state index < -0.39 is 10.1 Å². The van der Waals surface area contributed by atoms with Gasteiger partial charge < -0.3 is 0 Å². The molecule has 30 heavy (non-hydrogen) atoms. The average molecular weight is 428 g/mol. The topological polar surface area (TPSA) is 46.6 Å². The Balaban J connectivity index is 1.59. The summed E-state index contributed by atoms with van der Waals surface area (Å²) in [4.78, 5) is 2.66. The van der Waals surface area contributed by atoms with Gasteiger partial charge in [0.25, 0.3) is 10.1 Å². The molecule has 0 radical (unpaired) electrons. The van der Waals surface area contributed by atoms with Gasteiger partial charge in [0.05, 0.1) is 11.0 Å². The summed E-state index contributed by atoms with van der Waals surface area (Å²) in [5, 5.41) is 0. The summed E-state index contributed by atoms with van der Waals surface area (Å²) in [5.74, 6) is 0.621. The molecule has 4 atom stereocenters. The molecular formula is C25H33NO3S. The first-order valence-electron chi connectivity index (χ1n) is 10.8. The first kappa shape index (κ1) is 21.5. The van der Waals surface area contributed by atoms with E-state index in [2.05, 4.69) is 57.0 Å². The minimum atomic E-state index is -3.77. The third kappa shape index (κ3) is 3.41. The van der Waals surface area contributed by atoms with Crippen LogP contribution in [0.25, 0.3) is 0 Å². The van der Waals surface area contributed by atoms with Gasteiger partial charge in [0.1, 0.15) is 0 Å². The molecule has 4 unspecified atom stereocenters. The van der Waals surface area contributed by atoms with Crippen molar-refractivity contribution < 1.29 is 12.6 Å². The van der Waals surface area contributed by atoms with Gasteiger partial charge in [-0.15, -0.1) is 0 Å². The number of benzene rings is 2.